The van der Waals surface area contributed by atoms with Crippen LogP contribution in [0.2, 0.25) is 0 Å². The summed E-state index contributed by atoms with van der Waals surface area (Å²) in [5.74, 6) is -1.46. The van der Waals surface area contributed by atoms with E-state index in [0.29, 0.717) is 11.6 Å². The molecule has 0 radical (unpaired) electrons. The van der Waals surface area contributed by atoms with Gasteiger partial charge in [-0.05, 0) is 13.3 Å². The predicted molar refractivity (Wildman–Crippen MR) is 74.0 cm³/mol. The molecule has 0 bridgehead atoms. The van der Waals surface area contributed by atoms with Crippen LogP contribution < -0.4 is 10.6 Å². The molecule has 106 valence electrons. The average molecular weight is 294 g/mol. The molecule has 0 aliphatic heterocycles. The van der Waals surface area contributed by atoms with Crippen molar-refractivity contribution in [3.63, 3.8) is 0 Å². The average Bonchev–Trinajstić information content (AvgIpc) is 2.81. The van der Waals surface area contributed by atoms with Crippen LogP contribution in [0.5, 0.6) is 0 Å². The Morgan fingerprint density at radius 3 is 2.90 bits per heavy atom. The number of carbonyl (C=O) groups is 2. The molecule has 0 spiro atoms. The van der Waals surface area contributed by atoms with E-state index >= 15 is 0 Å². The maximum Gasteiger partial charge on any atom is 0.303 e. The Kier molecular flexibility index (Phi) is 6.19. The molecule has 0 unspecified atom stereocenters. The molecule has 0 aliphatic rings. The number of anilines is 1. The standard InChI is InChI=1S/C12H14N4O3S/c1-8-7-20-12(16-8)15-6-9(5-13)11(19)14-4-2-3-10(17)18/h6-7H,2-4H2,1H3,(H,14,19)(H,15,16)(H,17,18)/b9-6-. The minimum absolute atomic E-state index is 0.0253. The van der Waals surface area contributed by atoms with Gasteiger partial charge in [-0.15, -0.1) is 11.3 Å². The second-order valence-corrected chi connectivity index (χ2v) is 4.72. The van der Waals surface area contributed by atoms with E-state index < -0.39 is 11.9 Å². The van der Waals surface area contributed by atoms with Crippen molar-refractivity contribution in [3.05, 3.63) is 22.8 Å². The molecule has 0 saturated carbocycles. The predicted octanol–water partition coefficient (Wildman–Crippen LogP) is 1.25. The molecule has 1 amide bonds. The lowest BCUT2D eigenvalue weighted by molar-refractivity contribution is -0.137. The molecule has 0 atom stereocenters. The van der Waals surface area contributed by atoms with Crippen molar-refractivity contribution in [3.8, 4) is 6.07 Å². The monoisotopic (exact) mass is 294 g/mol. The third-order valence-electron chi connectivity index (χ3n) is 2.18. The van der Waals surface area contributed by atoms with E-state index in [0.717, 1.165) is 5.69 Å². The fourth-order valence-electron chi connectivity index (χ4n) is 1.24. The van der Waals surface area contributed by atoms with Crippen molar-refractivity contribution >= 4 is 28.3 Å². The largest absolute Gasteiger partial charge is 0.481 e. The van der Waals surface area contributed by atoms with E-state index in [1.807, 2.05) is 12.3 Å². The Labute approximate surface area is 119 Å². The minimum atomic E-state index is -0.920. The second-order valence-electron chi connectivity index (χ2n) is 3.86. The van der Waals surface area contributed by atoms with Crippen molar-refractivity contribution in [2.75, 3.05) is 11.9 Å². The lowest BCUT2D eigenvalue weighted by atomic mass is 10.2. The summed E-state index contributed by atoms with van der Waals surface area (Å²) in [6, 6.07) is 1.78. The molecule has 1 aromatic rings. The molecule has 0 aliphatic carbocycles. The number of carbonyl (C=O) groups excluding carboxylic acids is 1. The van der Waals surface area contributed by atoms with Crippen LogP contribution >= 0.6 is 11.3 Å². The Balaban J connectivity index is 2.46. The lowest BCUT2D eigenvalue weighted by Gasteiger charge is -2.03. The van der Waals surface area contributed by atoms with Gasteiger partial charge in [-0.3, -0.25) is 9.59 Å². The summed E-state index contributed by atoms with van der Waals surface area (Å²) in [6.45, 7) is 2.05. The van der Waals surface area contributed by atoms with Gasteiger partial charge in [0.15, 0.2) is 5.13 Å². The molecular formula is C12H14N4O3S. The normalized spacial score (nSPS) is 10.7. The number of rotatable bonds is 7. The molecule has 1 rings (SSSR count). The molecule has 1 heterocycles. The van der Waals surface area contributed by atoms with Crippen LogP contribution in [0.3, 0.4) is 0 Å². The van der Waals surface area contributed by atoms with E-state index in [9.17, 15) is 9.59 Å². The van der Waals surface area contributed by atoms with Crippen molar-refractivity contribution in [2.24, 2.45) is 0 Å². The molecule has 20 heavy (non-hydrogen) atoms. The van der Waals surface area contributed by atoms with Crippen LogP contribution in [0.15, 0.2) is 17.2 Å². The quantitative estimate of drug-likeness (QED) is 0.396. The van der Waals surface area contributed by atoms with Gasteiger partial charge in [0.2, 0.25) is 0 Å². The highest BCUT2D eigenvalue weighted by molar-refractivity contribution is 7.13. The zero-order chi connectivity index (χ0) is 15.0. The van der Waals surface area contributed by atoms with Crippen LogP contribution in [0, 0.1) is 18.3 Å². The molecular weight excluding hydrogens is 280 g/mol. The zero-order valence-electron chi connectivity index (χ0n) is 10.8. The van der Waals surface area contributed by atoms with E-state index in [-0.39, 0.29) is 18.5 Å². The maximum atomic E-state index is 11.6. The molecule has 1 aromatic heterocycles. The Morgan fingerprint density at radius 2 is 2.35 bits per heavy atom. The number of aryl methyl sites for hydroxylation is 1. The SMILES string of the molecule is Cc1csc(N/C=C(/C#N)C(=O)NCCCC(=O)O)n1. The summed E-state index contributed by atoms with van der Waals surface area (Å²) in [7, 11) is 0. The smallest absolute Gasteiger partial charge is 0.303 e. The van der Waals surface area contributed by atoms with E-state index in [1.165, 1.54) is 17.5 Å². The first-order valence-corrected chi connectivity index (χ1v) is 6.70. The lowest BCUT2D eigenvalue weighted by Crippen LogP contribution is -2.26. The second kappa shape index (κ2) is 7.91. The van der Waals surface area contributed by atoms with Gasteiger partial charge in [-0.2, -0.15) is 5.26 Å². The van der Waals surface area contributed by atoms with E-state index in [1.54, 1.807) is 6.07 Å². The fourth-order valence-corrected chi connectivity index (χ4v) is 1.90. The van der Waals surface area contributed by atoms with Gasteiger partial charge in [-0.25, -0.2) is 4.98 Å². The Hall–Kier alpha value is -2.40. The fraction of sp³-hybridized carbons (Fsp3) is 0.333. The summed E-state index contributed by atoms with van der Waals surface area (Å²) >= 11 is 1.37. The summed E-state index contributed by atoms with van der Waals surface area (Å²) in [4.78, 5) is 26.1. The third-order valence-corrected chi connectivity index (χ3v) is 3.07. The molecule has 0 fully saturated rings. The van der Waals surface area contributed by atoms with Crippen LogP contribution in [-0.2, 0) is 9.59 Å². The van der Waals surface area contributed by atoms with Gasteiger partial charge in [0.25, 0.3) is 5.91 Å². The molecule has 0 aromatic carbocycles. The van der Waals surface area contributed by atoms with E-state index in [4.69, 9.17) is 10.4 Å². The van der Waals surface area contributed by atoms with Gasteiger partial charge >= 0.3 is 5.97 Å². The highest BCUT2D eigenvalue weighted by atomic mass is 32.1. The number of thiazole rings is 1. The molecule has 8 heteroatoms. The van der Waals surface area contributed by atoms with Crippen LogP contribution in [-0.4, -0.2) is 28.5 Å². The van der Waals surface area contributed by atoms with Crippen LogP contribution in [0.1, 0.15) is 18.5 Å². The topological polar surface area (TPSA) is 115 Å². The number of hydrogen-bond acceptors (Lipinski definition) is 6. The number of aliphatic carboxylic acids is 1. The van der Waals surface area contributed by atoms with Crippen LogP contribution in [0.25, 0.3) is 0 Å². The maximum absolute atomic E-state index is 11.6. The van der Waals surface area contributed by atoms with Crippen molar-refractivity contribution < 1.29 is 14.7 Å². The van der Waals surface area contributed by atoms with Gasteiger partial charge < -0.3 is 15.7 Å². The minimum Gasteiger partial charge on any atom is -0.481 e. The Bertz CT molecular complexity index is 559. The van der Waals surface area contributed by atoms with Crippen molar-refractivity contribution in [1.82, 2.24) is 10.3 Å². The summed E-state index contributed by atoms with van der Waals surface area (Å²) in [6.07, 6.45) is 1.58. The van der Waals surface area contributed by atoms with Gasteiger partial charge in [-0.1, -0.05) is 0 Å². The van der Waals surface area contributed by atoms with Gasteiger partial charge in [0, 0.05) is 24.5 Å². The first-order valence-electron chi connectivity index (χ1n) is 5.82. The number of carboxylic acid groups (broad SMARTS) is 1. The summed E-state index contributed by atoms with van der Waals surface area (Å²) < 4.78 is 0. The summed E-state index contributed by atoms with van der Waals surface area (Å²) in [5, 5.41) is 25.0. The zero-order valence-corrected chi connectivity index (χ0v) is 11.7. The number of aromatic nitrogens is 1. The molecule has 0 saturated heterocycles. The van der Waals surface area contributed by atoms with Crippen LogP contribution in [0.4, 0.5) is 5.13 Å². The third kappa shape index (κ3) is 5.49. The highest BCUT2D eigenvalue weighted by Crippen LogP contribution is 2.14. The highest BCUT2D eigenvalue weighted by Gasteiger charge is 2.08. The first-order chi connectivity index (χ1) is 9.52. The number of carboxylic acids is 1. The number of nitrogens with zero attached hydrogens (tertiary/aromatic N) is 2. The molecule has 3 N–H and O–H groups in total. The first kappa shape index (κ1) is 15.7. The number of amides is 1. The number of nitrogens with one attached hydrogen (secondary N) is 2. The number of hydrogen-bond donors (Lipinski definition) is 3. The van der Waals surface area contributed by atoms with Gasteiger partial charge in [0.1, 0.15) is 11.6 Å². The summed E-state index contributed by atoms with van der Waals surface area (Å²) in [5.41, 5.74) is 0.760. The Morgan fingerprint density at radius 1 is 1.60 bits per heavy atom. The van der Waals surface area contributed by atoms with Crippen molar-refractivity contribution in [1.29, 1.82) is 5.26 Å². The molecule has 7 nitrogen and oxygen atoms in total. The van der Waals surface area contributed by atoms with Gasteiger partial charge in [0.05, 0.1) is 5.69 Å². The van der Waals surface area contributed by atoms with E-state index in [2.05, 4.69) is 15.6 Å². The number of nitriles is 1. The van der Waals surface area contributed by atoms with Crippen molar-refractivity contribution in [2.45, 2.75) is 19.8 Å².